The summed E-state index contributed by atoms with van der Waals surface area (Å²) in [4.78, 5) is 35.5. The lowest BCUT2D eigenvalue weighted by molar-refractivity contribution is -0.143. The average Bonchev–Trinajstić information content (AvgIpc) is 2.19. The van der Waals surface area contributed by atoms with E-state index < -0.39 is 17.8 Å². The normalized spacial score (nSPS) is 22.5. The van der Waals surface area contributed by atoms with Gasteiger partial charge in [0.2, 0.25) is 0 Å². The van der Waals surface area contributed by atoms with E-state index in [1.165, 1.54) is 7.05 Å². The number of nitrogens with zero attached hydrogens (tertiary/aromatic N) is 2. The van der Waals surface area contributed by atoms with Crippen molar-refractivity contribution < 1.29 is 14.4 Å². The Labute approximate surface area is 86.6 Å². The molecule has 2 saturated heterocycles. The van der Waals surface area contributed by atoms with Crippen molar-refractivity contribution in [2.24, 2.45) is 0 Å². The van der Waals surface area contributed by atoms with Crippen LogP contribution in [0.2, 0.25) is 0 Å². The standard InChI is InChI=1S/C7H9N3O3.ClH/c1-9-5(11)6(12)10(7(9)13)4-2-8-3-4;/h4,8H,2-3H2,1H3;1H. The zero-order valence-corrected chi connectivity index (χ0v) is 8.34. The number of carbonyl (C=O) groups is 3. The van der Waals surface area contributed by atoms with Gasteiger partial charge in [0.25, 0.3) is 0 Å². The lowest BCUT2D eigenvalue weighted by Gasteiger charge is -2.32. The Hall–Kier alpha value is -1.14. The molecule has 0 aromatic rings. The lowest BCUT2D eigenvalue weighted by Crippen LogP contribution is -2.59. The van der Waals surface area contributed by atoms with Crippen molar-refractivity contribution in [3.05, 3.63) is 0 Å². The number of halogens is 1. The molecule has 6 nitrogen and oxygen atoms in total. The Balaban J connectivity index is 0.000000980. The van der Waals surface area contributed by atoms with E-state index in [4.69, 9.17) is 0 Å². The molecule has 2 rings (SSSR count). The molecule has 2 fully saturated rings. The van der Waals surface area contributed by atoms with Crippen LogP contribution in [0.1, 0.15) is 0 Å². The van der Waals surface area contributed by atoms with E-state index in [1.807, 2.05) is 0 Å². The molecule has 0 aromatic carbocycles. The topological polar surface area (TPSA) is 69.7 Å². The highest BCUT2D eigenvalue weighted by Gasteiger charge is 2.47. The number of likely N-dealkylation sites (N-methyl/N-ethyl adjacent to an activating group) is 1. The van der Waals surface area contributed by atoms with Crippen LogP contribution in [-0.4, -0.2) is 53.8 Å². The molecular formula is C7H10ClN3O3. The maximum absolute atomic E-state index is 11.3. The first-order chi connectivity index (χ1) is 6.13. The van der Waals surface area contributed by atoms with Crippen molar-refractivity contribution >= 4 is 30.3 Å². The molecule has 0 spiro atoms. The highest BCUT2D eigenvalue weighted by molar-refractivity contribution is 6.44. The molecule has 14 heavy (non-hydrogen) atoms. The molecule has 1 N–H and O–H groups in total. The molecule has 0 aromatic heterocycles. The van der Waals surface area contributed by atoms with Gasteiger partial charge in [-0.05, 0) is 0 Å². The number of imide groups is 2. The molecule has 2 aliphatic heterocycles. The Morgan fingerprint density at radius 2 is 1.79 bits per heavy atom. The number of carbonyl (C=O) groups excluding carboxylic acids is 3. The predicted molar refractivity (Wildman–Crippen MR) is 48.9 cm³/mol. The first kappa shape index (κ1) is 10.9. The van der Waals surface area contributed by atoms with Gasteiger partial charge in [-0.1, -0.05) is 0 Å². The number of hydrogen-bond donors (Lipinski definition) is 1. The SMILES string of the molecule is CN1C(=O)C(=O)N(C2CNC2)C1=O.Cl. The summed E-state index contributed by atoms with van der Waals surface area (Å²) in [7, 11) is 1.31. The van der Waals surface area contributed by atoms with Crippen LogP contribution in [0.25, 0.3) is 0 Å². The van der Waals surface area contributed by atoms with E-state index in [0.29, 0.717) is 13.1 Å². The second kappa shape index (κ2) is 3.55. The molecule has 0 saturated carbocycles. The smallest absolute Gasteiger partial charge is 0.312 e. The first-order valence-electron chi connectivity index (χ1n) is 3.99. The van der Waals surface area contributed by atoms with Crippen molar-refractivity contribution in [3.8, 4) is 0 Å². The first-order valence-corrected chi connectivity index (χ1v) is 3.99. The van der Waals surface area contributed by atoms with Crippen LogP contribution in [-0.2, 0) is 9.59 Å². The average molecular weight is 220 g/mol. The molecule has 0 atom stereocenters. The molecule has 2 heterocycles. The fourth-order valence-electron chi connectivity index (χ4n) is 1.36. The number of hydrogen-bond acceptors (Lipinski definition) is 4. The fraction of sp³-hybridized carbons (Fsp3) is 0.571. The Morgan fingerprint density at radius 3 is 2.07 bits per heavy atom. The van der Waals surface area contributed by atoms with Gasteiger partial charge in [0, 0.05) is 20.1 Å². The zero-order chi connectivity index (χ0) is 9.59. The molecular weight excluding hydrogens is 210 g/mol. The van der Waals surface area contributed by atoms with Gasteiger partial charge in [0.05, 0.1) is 6.04 Å². The van der Waals surface area contributed by atoms with E-state index >= 15 is 0 Å². The van der Waals surface area contributed by atoms with Gasteiger partial charge in [0.1, 0.15) is 0 Å². The third-order valence-corrected chi connectivity index (χ3v) is 2.32. The molecule has 4 amide bonds. The molecule has 0 bridgehead atoms. The van der Waals surface area contributed by atoms with Crippen molar-refractivity contribution in [2.45, 2.75) is 6.04 Å². The summed E-state index contributed by atoms with van der Waals surface area (Å²) in [6.07, 6.45) is 0. The third kappa shape index (κ3) is 1.27. The second-order valence-corrected chi connectivity index (χ2v) is 3.13. The number of nitrogens with one attached hydrogen (secondary N) is 1. The maximum atomic E-state index is 11.3. The quantitative estimate of drug-likeness (QED) is 0.444. The summed E-state index contributed by atoms with van der Waals surface area (Å²) >= 11 is 0. The third-order valence-electron chi connectivity index (χ3n) is 2.32. The molecule has 7 heteroatoms. The van der Waals surface area contributed by atoms with Crippen LogP contribution in [0.4, 0.5) is 4.79 Å². The minimum atomic E-state index is -0.739. The summed E-state index contributed by atoms with van der Waals surface area (Å²) in [6.45, 7) is 1.16. The van der Waals surface area contributed by atoms with Crippen molar-refractivity contribution in [3.63, 3.8) is 0 Å². The van der Waals surface area contributed by atoms with E-state index in [1.54, 1.807) is 0 Å². The van der Waals surface area contributed by atoms with Gasteiger partial charge >= 0.3 is 17.8 Å². The Kier molecular flexibility index (Phi) is 2.77. The Morgan fingerprint density at radius 1 is 1.21 bits per heavy atom. The van der Waals surface area contributed by atoms with Gasteiger partial charge in [0.15, 0.2) is 0 Å². The number of rotatable bonds is 1. The fourth-order valence-corrected chi connectivity index (χ4v) is 1.36. The summed E-state index contributed by atoms with van der Waals surface area (Å²) in [5, 5.41) is 2.93. The molecule has 0 unspecified atom stereocenters. The van der Waals surface area contributed by atoms with Crippen LogP contribution >= 0.6 is 12.4 Å². The van der Waals surface area contributed by atoms with Gasteiger partial charge in [-0.3, -0.25) is 14.5 Å². The summed E-state index contributed by atoms with van der Waals surface area (Å²) in [5.41, 5.74) is 0. The lowest BCUT2D eigenvalue weighted by atomic mass is 10.1. The monoisotopic (exact) mass is 219 g/mol. The van der Waals surface area contributed by atoms with Crippen LogP contribution in [0.3, 0.4) is 0 Å². The van der Waals surface area contributed by atoms with Gasteiger partial charge in [-0.2, -0.15) is 0 Å². The highest BCUT2D eigenvalue weighted by atomic mass is 35.5. The Bertz CT molecular complexity index is 303. The molecule has 0 radical (unpaired) electrons. The minimum absolute atomic E-state index is 0. The van der Waals surface area contributed by atoms with Gasteiger partial charge in [-0.25, -0.2) is 9.69 Å². The summed E-state index contributed by atoms with van der Waals surface area (Å²) in [6, 6.07) is -0.657. The second-order valence-electron chi connectivity index (χ2n) is 3.13. The number of amides is 4. The van der Waals surface area contributed by atoms with Crippen LogP contribution in [0.5, 0.6) is 0 Å². The molecule has 2 aliphatic rings. The van der Waals surface area contributed by atoms with Crippen LogP contribution in [0.15, 0.2) is 0 Å². The van der Waals surface area contributed by atoms with Crippen molar-refractivity contribution in [1.29, 1.82) is 0 Å². The summed E-state index contributed by atoms with van der Waals surface area (Å²) in [5.74, 6) is -1.45. The number of urea groups is 1. The molecule has 78 valence electrons. The zero-order valence-electron chi connectivity index (χ0n) is 7.52. The maximum Gasteiger partial charge on any atom is 0.334 e. The van der Waals surface area contributed by atoms with E-state index in [9.17, 15) is 14.4 Å². The van der Waals surface area contributed by atoms with Crippen molar-refractivity contribution in [1.82, 2.24) is 15.1 Å². The van der Waals surface area contributed by atoms with E-state index in [2.05, 4.69) is 5.32 Å². The largest absolute Gasteiger partial charge is 0.334 e. The molecule has 0 aliphatic carbocycles. The van der Waals surface area contributed by atoms with Crippen molar-refractivity contribution in [2.75, 3.05) is 20.1 Å². The highest BCUT2D eigenvalue weighted by Crippen LogP contribution is 2.15. The van der Waals surface area contributed by atoms with Gasteiger partial charge < -0.3 is 5.32 Å². The van der Waals surface area contributed by atoms with E-state index in [-0.39, 0.29) is 18.4 Å². The predicted octanol–water partition coefficient (Wildman–Crippen LogP) is -1.20. The van der Waals surface area contributed by atoms with Crippen LogP contribution < -0.4 is 5.32 Å². The van der Waals surface area contributed by atoms with Gasteiger partial charge in [-0.15, -0.1) is 12.4 Å². The minimum Gasteiger partial charge on any atom is -0.312 e. The van der Waals surface area contributed by atoms with Crippen LogP contribution in [0, 0.1) is 0 Å². The summed E-state index contributed by atoms with van der Waals surface area (Å²) < 4.78 is 0. The van der Waals surface area contributed by atoms with E-state index in [0.717, 1.165) is 9.80 Å².